The summed E-state index contributed by atoms with van der Waals surface area (Å²) >= 11 is 5.92. The fourth-order valence-corrected chi connectivity index (χ4v) is 2.94. The Bertz CT molecular complexity index is 1010. The van der Waals surface area contributed by atoms with E-state index in [1.54, 1.807) is 6.21 Å². The molecule has 1 aliphatic rings. The highest BCUT2D eigenvalue weighted by Crippen LogP contribution is 2.32. The van der Waals surface area contributed by atoms with E-state index in [0.29, 0.717) is 17.0 Å². The predicted octanol–water partition coefficient (Wildman–Crippen LogP) is 4.20. The van der Waals surface area contributed by atoms with Crippen LogP contribution in [0.1, 0.15) is 22.4 Å². The third-order valence-corrected chi connectivity index (χ3v) is 4.30. The van der Waals surface area contributed by atoms with Crippen LogP contribution in [0.5, 0.6) is 0 Å². The first-order valence-electron chi connectivity index (χ1n) is 7.60. The van der Waals surface area contributed by atoms with E-state index in [0.717, 1.165) is 28.1 Å². The van der Waals surface area contributed by atoms with Crippen LogP contribution in [0.15, 0.2) is 58.3 Å². The molecule has 0 saturated heterocycles. The molecule has 0 fully saturated rings. The smallest absolute Gasteiger partial charge is 0.271 e. The minimum atomic E-state index is -0.135. The molecule has 5 heteroatoms. The van der Waals surface area contributed by atoms with Crippen molar-refractivity contribution >= 4 is 35.2 Å². The van der Waals surface area contributed by atoms with Gasteiger partial charge in [0, 0.05) is 34.5 Å². The van der Waals surface area contributed by atoms with Gasteiger partial charge in [0.1, 0.15) is 0 Å². The van der Waals surface area contributed by atoms with Gasteiger partial charge in [-0.15, -0.1) is 0 Å². The van der Waals surface area contributed by atoms with E-state index in [-0.39, 0.29) is 5.56 Å². The lowest BCUT2D eigenvalue weighted by atomic mass is 10.0. The number of nitrogens with zero attached hydrogens (tertiary/aromatic N) is 1. The quantitative estimate of drug-likeness (QED) is 0.740. The van der Waals surface area contributed by atoms with Gasteiger partial charge in [0.2, 0.25) is 0 Å². The SMILES string of the molecule is O=c1[nH][nH]c(Cc2ccc(Cl)cc2)c1C=C1C=Nc2ccccc21. The van der Waals surface area contributed by atoms with Crippen LogP contribution in [0, 0.1) is 0 Å². The van der Waals surface area contributed by atoms with Crippen molar-refractivity contribution in [3.63, 3.8) is 0 Å². The second-order valence-electron chi connectivity index (χ2n) is 5.65. The molecule has 4 rings (SSSR count). The Kier molecular flexibility index (Phi) is 3.67. The molecule has 0 atom stereocenters. The van der Waals surface area contributed by atoms with Gasteiger partial charge in [0.05, 0.1) is 11.3 Å². The van der Waals surface area contributed by atoms with Gasteiger partial charge in [-0.3, -0.25) is 14.9 Å². The number of hydrogen-bond acceptors (Lipinski definition) is 2. The minimum absolute atomic E-state index is 0.135. The van der Waals surface area contributed by atoms with Crippen molar-refractivity contribution in [2.75, 3.05) is 0 Å². The third-order valence-electron chi connectivity index (χ3n) is 4.05. The zero-order chi connectivity index (χ0) is 16.5. The van der Waals surface area contributed by atoms with Crippen molar-refractivity contribution in [2.24, 2.45) is 4.99 Å². The van der Waals surface area contributed by atoms with E-state index in [9.17, 15) is 4.79 Å². The molecule has 24 heavy (non-hydrogen) atoms. The highest BCUT2D eigenvalue weighted by Gasteiger charge is 2.14. The number of rotatable bonds is 3. The van der Waals surface area contributed by atoms with Crippen LogP contribution in [0.3, 0.4) is 0 Å². The summed E-state index contributed by atoms with van der Waals surface area (Å²) in [5, 5.41) is 6.34. The first-order valence-corrected chi connectivity index (χ1v) is 7.97. The van der Waals surface area contributed by atoms with Crippen LogP contribution in [0.4, 0.5) is 5.69 Å². The molecule has 118 valence electrons. The predicted molar refractivity (Wildman–Crippen MR) is 98.1 cm³/mol. The summed E-state index contributed by atoms with van der Waals surface area (Å²) in [6.07, 6.45) is 4.30. The maximum absolute atomic E-state index is 12.2. The molecule has 0 bridgehead atoms. The number of allylic oxidation sites excluding steroid dienone is 1. The zero-order valence-electron chi connectivity index (χ0n) is 12.7. The molecule has 0 spiro atoms. The highest BCUT2D eigenvalue weighted by molar-refractivity contribution is 6.30. The fourth-order valence-electron chi connectivity index (χ4n) is 2.81. The van der Waals surface area contributed by atoms with Gasteiger partial charge in [-0.1, -0.05) is 41.9 Å². The molecular formula is C19H14ClN3O. The van der Waals surface area contributed by atoms with Gasteiger partial charge >= 0.3 is 0 Å². The Morgan fingerprint density at radius 1 is 1.04 bits per heavy atom. The molecule has 1 aliphatic heterocycles. The number of benzene rings is 2. The number of hydrogen-bond donors (Lipinski definition) is 2. The van der Waals surface area contributed by atoms with Crippen LogP contribution < -0.4 is 5.56 Å². The number of halogens is 1. The lowest BCUT2D eigenvalue weighted by Gasteiger charge is -2.02. The number of aromatic amines is 2. The molecule has 0 unspecified atom stereocenters. The van der Waals surface area contributed by atoms with Crippen molar-refractivity contribution in [1.82, 2.24) is 10.2 Å². The Morgan fingerprint density at radius 2 is 1.83 bits per heavy atom. The van der Waals surface area contributed by atoms with E-state index >= 15 is 0 Å². The van der Waals surface area contributed by atoms with Crippen LogP contribution in [0.2, 0.25) is 5.02 Å². The summed E-state index contributed by atoms with van der Waals surface area (Å²) in [5.41, 5.74) is 5.31. The molecule has 0 aliphatic carbocycles. The molecule has 3 aromatic rings. The van der Waals surface area contributed by atoms with Crippen LogP contribution >= 0.6 is 11.6 Å². The largest absolute Gasteiger partial charge is 0.301 e. The van der Waals surface area contributed by atoms with Gasteiger partial charge < -0.3 is 5.10 Å². The Morgan fingerprint density at radius 3 is 2.67 bits per heavy atom. The highest BCUT2D eigenvalue weighted by atomic mass is 35.5. The maximum atomic E-state index is 12.2. The molecule has 0 amide bonds. The van der Waals surface area contributed by atoms with E-state index < -0.39 is 0 Å². The monoisotopic (exact) mass is 335 g/mol. The van der Waals surface area contributed by atoms with Crippen molar-refractivity contribution in [1.29, 1.82) is 0 Å². The fraction of sp³-hybridized carbons (Fsp3) is 0.0526. The Hall–Kier alpha value is -2.85. The number of para-hydroxylation sites is 1. The maximum Gasteiger partial charge on any atom is 0.271 e. The standard InChI is InChI=1S/C19H14ClN3O/c20-14-7-5-12(6-8-14)9-18-16(19(24)23-22-18)10-13-11-21-17-4-2-1-3-15(13)17/h1-8,10-11H,9H2,(H2,22,23,24). The van der Waals surface area contributed by atoms with Crippen LogP contribution in [-0.2, 0) is 6.42 Å². The van der Waals surface area contributed by atoms with Gasteiger partial charge in [-0.2, -0.15) is 0 Å². The van der Waals surface area contributed by atoms with Gasteiger partial charge in [0.25, 0.3) is 5.56 Å². The summed E-state index contributed by atoms with van der Waals surface area (Å²) in [4.78, 5) is 16.6. The normalized spacial score (nSPS) is 14.3. The number of aromatic nitrogens is 2. The molecule has 0 saturated carbocycles. The van der Waals surface area contributed by atoms with E-state index in [1.165, 1.54) is 0 Å². The van der Waals surface area contributed by atoms with Crippen molar-refractivity contribution in [3.8, 4) is 0 Å². The van der Waals surface area contributed by atoms with Crippen molar-refractivity contribution in [3.05, 3.63) is 86.3 Å². The summed E-state index contributed by atoms with van der Waals surface area (Å²) in [7, 11) is 0. The molecule has 1 aromatic heterocycles. The van der Waals surface area contributed by atoms with E-state index in [1.807, 2.05) is 54.6 Å². The number of fused-ring (bicyclic) bond motifs is 1. The van der Waals surface area contributed by atoms with Crippen LogP contribution in [0.25, 0.3) is 11.6 Å². The topological polar surface area (TPSA) is 61.0 Å². The number of H-pyrrole nitrogens is 2. The van der Waals surface area contributed by atoms with Gasteiger partial charge in [-0.05, 0) is 29.8 Å². The van der Waals surface area contributed by atoms with E-state index in [2.05, 4.69) is 15.2 Å². The van der Waals surface area contributed by atoms with E-state index in [4.69, 9.17) is 11.6 Å². The van der Waals surface area contributed by atoms with Crippen molar-refractivity contribution < 1.29 is 0 Å². The summed E-state index contributed by atoms with van der Waals surface area (Å²) in [6.45, 7) is 0. The average molecular weight is 336 g/mol. The summed E-state index contributed by atoms with van der Waals surface area (Å²) in [5.74, 6) is 0. The summed E-state index contributed by atoms with van der Waals surface area (Å²) in [6, 6.07) is 15.5. The lowest BCUT2D eigenvalue weighted by molar-refractivity contribution is 0.982. The molecular weight excluding hydrogens is 322 g/mol. The molecule has 2 heterocycles. The second kappa shape index (κ2) is 5.98. The molecule has 2 N–H and O–H groups in total. The van der Waals surface area contributed by atoms with Crippen LogP contribution in [-0.4, -0.2) is 16.4 Å². The Labute approximate surface area is 143 Å². The Balaban J connectivity index is 1.71. The molecule has 0 radical (unpaired) electrons. The van der Waals surface area contributed by atoms with Gasteiger partial charge in [0.15, 0.2) is 0 Å². The number of nitrogens with one attached hydrogen (secondary N) is 2. The zero-order valence-corrected chi connectivity index (χ0v) is 13.5. The first kappa shape index (κ1) is 14.7. The second-order valence-corrected chi connectivity index (χ2v) is 6.09. The average Bonchev–Trinajstić information content (AvgIpc) is 3.16. The first-order chi connectivity index (χ1) is 11.7. The minimum Gasteiger partial charge on any atom is -0.301 e. The molecule has 4 nitrogen and oxygen atoms in total. The number of aliphatic imine (C=N–C) groups is 1. The lowest BCUT2D eigenvalue weighted by Crippen LogP contribution is -2.03. The summed E-state index contributed by atoms with van der Waals surface area (Å²) < 4.78 is 0. The third kappa shape index (κ3) is 2.72. The van der Waals surface area contributed by atoms with Crippen molar-refractivity contribution in [2.45, 2.75) is 6.42 Å². The molecule has 2 aromatic carbocycles. The van der Waals surface area contributed by atoms with Gasteiger partial charge in [-0.25, -0.2) is 0 Å².